The molecule has 1 N–H and O–H groups in total. The summed E-state index contributed by atoms with van der Waals surface area (Å²) in [5.74, 6) is 1.05. The number of aromatic nitrogens is 1. The Morgan fingerprint density at radius 2 is 1.89 bits per heavy atom. The van der Waals surface area contributed by atoms with E-state index >= 15 is 0 Å². The van der Waals surface area contributed by atoms with Crippen molar-refractivity contribution in [3.8, 4) is 21.9 Å². The predicted octanol–water partition coefficient (Wildman–Crippen LogP) is 4.54. The first-order chi connectivity index (χ1) is 13.2. The Balaban J connectivity index is 1.69. The van der Waals surface area contributed by atoms with E-state index in [9.17, 15) is 4.79 Å². The van der Waals surface area contributed by atoms with Crippen LogP contribution in [0.3, 0.4) is 0 Å². The fourth-order valence-corrected chi connectivity index (χ4v) is 3.35. The van der Waals surface area contributed by atoms with Crippen LogP contribution in [0, 0.1) is 0 Å². The van der Waals surface area contributed by atoms with E-state index in [0.717, 1.165) is 16.0 Å². The monoisotopic (exact) mass is 382 g/mol. The molecule has 0 bridgehead atoms. The molecule has 2 heterocycles. The van der Waals surface area contributed by atoms with Crippen LogP contribution in [0.2, 0.25) is 0 Å². The standard InChI is InChI=1S/C21H22N2O3S/c1-3-25-18-8-7-16(11-19(18)26-4-2)21(24)23-13-15-10-17(14-22-12-15)20-6-5-9-27-20/h5-12,14H,3-4,13H2,1-2H3,(H,23,24). The molecule has 1 amide bonds. The molecule has 1 aromatic carbocycles. The second-order valence-corrected chi connectivity index (χ2v) is 6.72. The van der Waals surface area contributed by atoms with Gasteiger partial charge in [-0.2, -0.15) is 0 Å². The molecular formula is C21H22N2O3S. The van der Waals surface area contributed by atoms with Crippen LogP contribution in [-0.2, 0) is 6.54 Å². The van der Waals surface area contributed by atoms with Crippen molar-refractivity contribution in [1.29, 1.82) is 0 Å². The van der Waals surface area contributed by atoms with Crippen molar-refractivity contribution in [2.75, 3.05) is 13.2 Å². The molecule has 27 heavy (non-hydrogen) atoms. The van der Waals surface area contributed by atoms with E-state index in [4.69, 9.17) is 9.47 Å². The number of carbonyl (C=O) groups is 1. The molecule has 0 fully saturated rings. The Hall–Kier alpha value is -2.86. The minimum Gasteiger partial charge on any atom is -0.490 e. The Kier molecular flexibility index (Phi) is 6.44. The predicted molar refractivity (Wildman–Crippen MR) is 108 cm³/mol. The highest BCUT2D eigenvalue weighted by Gasteiger charge is 2.12. The summed E-state index contributed by atoms with van der Waals surface area (Å²) in [6.07, 6.45) is 3.60. The molecule has 3 rings (SSSR count). The van der Waals surface area contributed by atoms with Crippen molar-refractivity contribution in [1.82, 2.24) is 10.3 Å². The molecule has 0 saturated heterocycles. The second-order valence-electron chi connectivity index (χ2n) is 5.77. The van der Waals surface area contributed by atoms with Crippen molar-refractivity contribution in [3.05, 3.63) is 65.3 Å². The SMILES string of the molecule is CCOc1ccc(C(=O)NCc2cncc(-c3cccs3)c2)cc1OCC. The molecule has 0 aliphatic heterocycles. The average Bonchev–Trinajstić information content (AvgIpc) is 3.23. The molecule has 0 unspecified atom stereocenters. The van der Waals surface area contributed by atoms with Gasteiger partial charge in [-0.25, -0.2) is 0 Å². The van der Waals surface area contributed by atoms with Crippen LogP contribution in [0.1, 0.15) is 29.8 Å². The lowest BCUT2D eigenvalue weighted by Crippen LogP contribution is -2.23. The number of benzene rings is 1. The zero-order valence-electron chi connectivity index (χ0n) is 15.4. The normalized spacial score (nSPS) is 10.4. The molecule has 0 spiro atoms. The lowest BCUT2D eigenvalue weighted by Gasteiger charge is -2.12. The number of nitrogens with one attached hydrogen (secondary N) is 1. The van der Waals surface area contributed by atoms with Gasteiger partial charge in [0.25, 0.3) is 5.91 Å². The average molecular weight is 382 g/mol. The van der Waals surface area contributed by atoms with Crippen LogP contribution in [0.5, 0.6) is 11.5 Å². The third-order valence-corrected chi connectivity index (χ3v) is 4.78. The van der Waals surface area contributed by atoms with E-state index in [1.165, 1.54) is 0 Å². The summed E-state index contributed by atoms with van der Waals surface area (Å²) in [5, 5.41) is 4.97. The summed E-state index contributed by atoms with van der Waals surface area (Å²) in [7, 11) is 0. The maximum absolute atomic E-state index is 12.5. The van der Waals surface area contributed by atoms with E-state index in [0.29, 0.717) is 36.8 Å². The minimum absolute atomic E-state index is 0.166. The number of nitrogens with zero attached hydrogens (tertiary/aromatic N) is 1. The maximum Gasteiger partial charge on any atom is 0.251 e. The smallest absolute Gasteiger partial charge is 0.251 e. The highest BCUT2D eigenvalue weighted by Crippen LogP contribution is 2.28. The van der Waals surface area contributed by atoms with Gasteiger partial charge in [0.15, 0.2) is 11.5 Å². The minimum atomic E-state index is -0.166. The van der Waals surface area contributed by atoms with E-state index in [2.05, 4.69) is 16.4 Å². The summed E-state index contributed by atoms with van der Waals surface area (Å²) in [5.41, 5.74) is 2.53. The zero-order valence-corrected chi connectivity index (χ0v) is 16.2. The van der Waals surface area contributed by atoms with Gasteiger partial charge in [0, 0.05) is 34.9 Å². The summed E-state index contributed by atoms with van der Waals surface area (Å²) in [6.45, 7) is 5.26. The number of thiophene rings is 1. The lowest BCUT2D eigenvalue weighted by atomic mass is 10.1. The molecular weight excluding hydrogens is 360 g/mol. The van der Waals surface area contributed by atoms with Crippen molar-refractivity contribution in [2.45, 2.75) is 20.4 Å². The van der Waals surface area contributed by atoms with Crippen LogP contribution in [0.15, 0.2) is 54.2 Å². The first kappa shape index (κ1) is 18.9. The third kappa shape index (κ3) is 4.86. The summed E-state index contributed by atoms with van der Waals surface area (Å²) >= 11 is 1.66. The number of rotatable bonds is 8. The Bertz CT molecular complexity index is 894. The molecule has 140 valence electrons. The molecule has 3 aromatic rings. The van der Waals surface area contributed by atoms with E-state index in [1.807, 2.05) is 37.6 Å². The van der Waals surface area contributed by atoms with E-state index in [1.54, 1.807) is 35.7 Å². The fraction of sp³-hybridized carbons (Fsp3) is 0.238. The van der Waals surface area contributed by atoms with Crippen LogP contribution in [0.25, 0.3) is 10.4 Å². The third-order valence-electron chi connectivity index (χ3n) is 3.86. The Labute approximate surface area is 163 Å². The zero-order chi connectivity index (χ0) is 19.1. The van der Waals surface area contributed by atoms with Gasteiger partial charge in [-0.1, -0.05) is 6.07 Å². The van der Waals surface area contributed by atoms with E-state index in [-0.39, 0.29) is 5.91 Å². The second kappa shape index (κ2) is 9.19. The van der Waals surface area contributed by atoms with Gasteiger partial charge in [0.2, 0.25) is 0 Å². The highest BCUT2D eigenvalue weighted by molar-refractivity contribution is 7.13. The molecule has 0 aliphatic carbocycles. The number of pyridine rings is 1. The number of ether oxygens (including phenoxy) is 2. The van der Waals surface area contributed by atoms with Crippen molar-refractivity contribution < 1.29 is 14.3 Å². The molecule has 5 nitrogen and oxygen atoms in total. The van der Waals surface area contributed by atoms with Crippen LogP contribution >= 0.6 is 11.3 Å². The van der Waals surface area contributed by atoms with Crippen LogP contribution < -0.4 is 14.8 Å². The number of amides is 1. The number of carbonyl (C=O) groups excluding carboxylic acids is 1. The summed E-state index contributed by atoms with van der Waals surface area (Å²) < 4.78 is 11.1. The maximum atomic E-state index is 12.5. The first-order valence-electron chi connectivity index (χ1n) is 8.87. The quantitative estimate of drug-likeness (QED) is 0.621. The van der Waals surface area contributed by atoms with Gasteiger partial charge in [0.05, 0.1) is 13.2 Å². The van der Waals surface area contributed by atoms with Gasteiger partial charge >= 0.3 is 0 Å². The first-order valence-corrected chi connectivity index (χ1v) is 9.74. The molecule has 0 radical (unpaired) electrons. The number of hydrogen-bond acceptors (Lipinski definition) is 5. The molecule has 0 atom stereocenters. The van der Waals surface area contributed by atoms with Gasteiger partial charge in [-0.15, -0.1) is 11.3 Å². The number of hydrogen-bond donors (Lipinski definition) is 1. The largest absolute Gasteiger partial charge is 0.490 e. The van der Waals surface area contributed by atoms with E-state index < -0.39 is 0 Å². The topological polar surface area (TPSA) is 60.5 Å². The molecule has 2 aromatic heterocycles. The Morgan fingerprint density at radius 1 is 1.07 bits per heavy atom. The summed E-state index contributed by atoms with van der Waals surface area (Å²) in [6, 6.07) is 11.3. The van der Waals surface area contributed by atoms with Crippen molar-refractivity contribution in [2.24, 2.45) is 0 Å². The fourth-order valence-electron chi connectivity index (χ4n) is 2.64. The van der Waals surface area contributed by atoms with Gasteiger partial charge < -0.3 is 14.8 Å². The van der Waals surface area contributed by atoms with Crippen molar-refractivity contribution >= 4 is 17.2 Å². The van der Waals surface area contributed by atoms with Crippen molar-refractivity contribution in [3.63, 3.8) is 0 Å². The van der Waals surface area contributed by atoms with Crippen LogP contribution in [-0.4, -0.2) is 24.1 Å². The molecule has 6 heteroatoms. The lowest BCUT2D eigenvalue weighted by molar-refractivity contribution is 0.0950. The van der Waals surface area contributed by atoms with Gasteiger partial charge in [0.1, 0.15) is 0 Å². The van der Waals surface area contributed by atoms with Gasteiger partial charge in [-0.05, 0) is 55.1 Å². The Morgan fingerprint density at radius 3 is 2.63 bits per heavy atom. The molecule has 0 saturated carbocycles. The highest BCUT2D eigenvalue weighted by atomic mass is 32.1. The summed E-state index contributed by atoms with van der Waals surface area (Å²) in [4.78, 5) is 18.0. The van der Waals surface area contributed by atoms with Crippen LogP contribution in [0.4, 0.5) is 0 Å². The van der Waals surface area contributed by atoms with Gasteiger partial charge in [-0.3, -0.25) is 9.78 Å². The molecule has 0 aliphatic rings.